The third-order valence-electron chi connectivity index (χ3n) is 2.19. The summed E-state index contributed by atoms with van der Waals surface area (Å²) in [6.45, 7) is 3.21. The molecule has 0 bridgehead atoms. The minimum Gasteiger partial charge on any atom is -0.312 e. The second kappa shape index (κ2) is 4.60. The van der Waals surface area contributed by atoms with Crippen molar-refractivity contribution in [1.29, 1.82) is 0 Å². The van der Waals surface area contributed by atoms with Gasteiger partial charge in [-0.1, -0.05) is 6.42 Å². The fraction of sp³-hybridized carbons (Fsp3) is 0.875. The lowest BCUT2D eigenvalue weighted by atomic mass is 10.00. The molecule has 3 heteroatoms. The van der Waals surface area contributed by atoms with E-state index in [2.05, 4.69) is 34.6 Å². The number of hydrogen-bond donors (Lipinski definition) is 1. The summed E-state index contributed by atoms with van der Waals surface area (Å²) in [5.41, 5.74) is 0. The molecule has 0 amide bonds. The minimum absolute atomic E-state index is 0.299. The molecule has 0 spiro atoms. The monoisotopic (exact) mass is 170 g/mol. The highest BCUT2D eigenvalue weighted by molar-refractivity contribution is 7.78. The van der Waals surface area contributed by atoms with Crippen molar-refractivity contribution in [3.05, 3.63) is 0 Å². The standard InChI is InChI=1S/C8H14N2S/c1-7(10-6-11)8-4-2-3-5-9-8/h7-9H,2-5H2,1H3. The molecule has 0 aromatic carbocycles. The quantitative estimate of drug-likeness (QED) is 0.503. The van der Waals surface area contributed by atoms with Gasteiger partial charge in [-0.25, -0.2) is 4.99 Å². The van der Waals surface area contributed by atoms with Crippen LogP contribution in [0.15, 0.2) is 4.99 Å². The second-order valence-corrected chi connectivity index (χ2v) is 3.20. The molecule has 62 valence electrons. The normalized spacial score (nSPS) is 27.2. The smallest absolute Gasteiger partial charge is 0.0727 e. The Bertz CT molecular complexity index is 157. The lowest BCUT2D eigenvalue weighted by Gasteiger charge is -2.25. The number of rotatable bonds is 2. The predicted octanol–water partition coefficient (Wildman–Crippen LogP) is 1.62. The van der Waals surface area contributed by atoms with Crippen LogP contribution in [0.2, 0.25) is 0 Å². The second-order valence-electron chi connectivity index (χ2n) is 3.02. The first kappa shape index (κ1) is 8.85. The summed E-state index contributed by atoms with van der Waals surface area (Å²) < 4.78 is 0. The SMILES string of the molecule is CC(N=C=S)C1CCCCN1. The molecule has 2 unspecified atom stereocenters. The molecule has 0 radical (unpaired) electrons. The van der Waals surface area contributed by atoms with Gasteiger partial charge in [0.05, 0.1) is 11.2 Å². The van der Waals surface area contributed by atoms with E-state index in [1.54, 1.807) is 0 Å². The van der Waals surface area contributed by atoms with Gasteiger partial charge in [-0.2, -0.15) is 0 Å². The van der Waals surface area contributed by atoms with Gasteiger partial charge in [-0.3, -0.25) is 0 Å². The first-order chi connectivity index (χ1) is 5.34. The van der Waals surface area contributed by atoms with E-state index in [-0.39, 0.29) is 0 Å². The molecule has 0 saturated carbocycles. The van der Waals surface area contributed by atoms with Crippen molar-refractivity contribution in [3.8, 4) is 0 Å². The van der Waals surface area contributed by atoms with Crippen LogP contribution in [0.25, 0.3) is 0 Å². The van der Waals surface area contributed by atoms with E-state index in [0.29, 0.717) is 12.1 Å². The molecule has 2 atom stereocenters. The van der Waals surface area contributed by atoms with E-state index >= 15 is 0 Å². The van der Waals surface area contributed by atoms with Crippen LogP contribution in [0, 0.1) is 0 Å². The zero-order chi connectivity index (χ0) is 8.10. The molecule has 0 aromatic heterocycles. The summed E-state index contributed by atoms with van der Waals surface area (Å²) in [7, 11) is 0. The van der Waals surface area contributed by atoms with Crippen LogP contribution in [0.1, 0.15) is 26.2 Å². The van der Waals surface area contributed by atoms with Crippen LogP contribution in [0.4, 0.5) is 0 Å². The molecule has 1 aliphatic heterocycles. The van der Waals surface area contributed by atoms with Crippen LogP contribution < -0.4 is 5.32 Å². The Morgan fingerprint density at radius 1 is 1.64 bits per heavy atom. The van der Waals surface area contributed by atoms with Gasteiger partial charge >= 0.3 is 0 Å². The third-order valence-corrected chi connectivity index (χ3v) is 2.29. The summed E-state index contributed by atoms with van der Waals surface area (Å²) >= 11 is 4.55. The summed E-state index contributed by atoms with van der Waals surface area (Å²) in [6.07, 6.45) is 3.83. The van der Waals surface area contributed by atoms with E-state index in [9.17, 15) is 0 Å². The highest BCUT2D eigenvalue weighted by Crippen LogP contribution is 2.11. The minimum atomic E-state index is 0.299. The lowest BCUT2D eigenvalue weighted by molar-refractivity contribution is 0.363. The molecular formula is C8H14N2S. The Labute approximate surface area is 73.1 Å². The molecule has 2 nitrogen and oxygen atoms in total. The maximum Gasteiger partial charge on any atom is 0.0727 e. The van der Waals surface area contributed by atoms with E-state index < -0.39 is 0 Å². The maximum atomic E-state index is 4.55. The number of nitrogens with zero attached hydrogens (tertiary/aromatic N) is 1. The fourth-order valence-corrected chi connectivity index (χ4v) is 1.63. The molecule has 1 heterocycles. The van der Waals surface area contributed by atoms with Gasteiger partial charge in [0.25, 0.3) is 0 Å². The Morgan fingerprint density at radius 2 is 2.45 bits per heavy atom. The van der Waals surface area contributed by atoms with Crippen molar-refractivity contribution in [2.24, 2.45) is 4.99 Å². The van der Waals surface area contributed by atoms with E-state index in [0.717, 1.165) is 6.54 Å². The Kier molecular flexibility index (Phi) is 3.70. The zero-order valence-electron chi connectivity index (χ0n) is 6.84. The molecule has 11 heavy (non-hydrogen) atoms. The fourth-order valence-electron chi connectivity index (χ4n) is 1.46. The zero-order valence-corrected chi connectivity index (χ0v) is 7.66. The van der Waals surface area contributed by atoms with E-state index in [4.69, 9.17) is 0 Å². The molecular weight excluding hydrogens is 156 g/mol. The van der Waals surface area contributed by atoms with Gasteiger partial charge in [0.2, 0.25) is 0 Å². The third kappa shape index (κ3) is 2.70. The van der Waals surface area contributed by atoms with Gasteiger partial charge < -0.3 is 5.32 Å². The van der Waals surface area contributed by atoms with Crippen LogP contribution >= 0.6 is 12.2 Å². The number of isothiocyanates is 1. The maximum absolute atomic E-state index is 4.55. The number of aliphatic imine (C=N–C) groups is 1. The molecule has 1 rings (SSSR count). The van der Waals surface area contributed by atoms with Crippen molar-refractivity contribution in [2.45, 2.75) is 38.3 Å². The highest BCUT2D eigenvalue weighted by Gasteiger charge is 2.17. The van der Waals surface area contributed by atoms with Crippen LogP contribution in [-0.2, 0) is 0 Å². The number of thiocarbonyl (C=S) groups is 1. The lowest BCUT2D eigenvalue weighted by Crippen LogP contribution is -2.40. The number of piperidine rings is 1. The van der Waals surface area contributed by atoms with E-state index in [1.807, 2.05) is 0 Å². The van der Waals surface area contributed by atoms with Crippen molar-refractivity contribution in [1.82, 2.24) is 5.32 Å². The Hall–Kier alpha value is -0.240. The summed E-state index contributed by atoms with van der Waals surface area (Å²) in [6, 6.07) is 0.826. The van der Waals surface area contributed by atoms with Gasteiger partial charge in [-0.05, 0) is 38.5 Å². The summed E-state index contributed by atoms with van der Waals surface area (Å²) in [4.78, 5) is 4.05. The topological polar surface area (TPSA) is 24.4 Å². The largest absolute Gasteiger partial charge is 0.312 e. The Balaban J connectivity index is 2.38. The molecule has 0 aromatic rings. The molecule has 0 aliphatic carbocycles. The average molecular weight is 170 g/mol. The molecule has 1 fully saturated rings. The summed E-state index contributed by atoms with van der Waals surface area (Å²) in [5, 5.41) is 5.86. The first-order valence-electron chi connectivity index (χ1n) is 4.15. The summed E-state index contributed by atoms with van der Waals surface area (Å²) in [5.74, 6) is 0. The average Bonchev–Trinajstić information content (AvgIpc) is 2.07. The van der Waals surface area contributed by atoms with Gasteiger partial charge in [0.1, 0.15) is 0 Å². The number of nitrogens with one attached hydrogen (secondary N) is 1. The molecule has 1 aliphatic rings. The predicted molar refractivity (Wildman–Crippen MR) is 50.1 cm³/mol. The highest BCUT2D eigenvalue weighted by atomic mass is 32.1. The van der Waals surface area contributed by atoms with Gasteiger partial charge in [-0.15, -0.1) is 0 Å². The van der Waals surface area contributed by atoms with Crippen LogP contribution in [0.3, 0.4) is 0 Å². The first-order valence-corrected chi connectivity index (χ1v) is 4.56. The van der Waals surface area contributed by atoms with Crippen molar-refractivity contribution in [3.63, 3.8) is 0 Å². The number of hydrogen-bond acceptors (Lipinski definition) is 3. The van der Waals surface area contributed by atoms with E-state index in [1.165, 1.54) is 19.3 Å². The molecule has 1 N–H and O–H groups in total. The van der Waals surface area contributed by atoms with Gasteiger partial charge in [0.15, 0.2) is 0 Å². The Morgan fingerprint density at radius 3 is 3.00 bits per heavy atom. The van der Waals surface area contributed by atoms with Gasteiger partial charge in [0, 0.05) is 6.04 Å². The van der Waals surface area contributed by atoms with Crippen molar-refractivity contribution < 1.29 is 0 Å². The van der Waals surface area contributed by atoms with Crippen molar-refractivity contribution in [2.75, 3.05) is 6.54 Å². The van der Waals surface area contributed by atoms with Crippen LogP contribution in [0.5, 0.6) is 0 Å². The van der Waals surface area contributed by atoms with Crippen LogP contribution in [-0.4, -0.2) is 23.8 Å². The van der Waals surface area contributed by atoms with Crippen molar-refractivity contribution >= 4 is 17.4 Å². The molecule has 1 saturated heterocycles.